The molecular formula is C16H20Cl3NO3. The molecule has 7 heteroatoms. The first-order valence-electron chi connectivity index (χ1n) is 7.41. The minimum absolute atomic E-state index is 0.213. The Morgan fingerprint density at radius 3 is 2.00 bits per heavy atom. The third kappa shape index (κ3) is 5.27. The van der Waals surface area contributed by atoms with Crippen LogP contribution in [-0.2, 0) is 27.2 Å². The van der Waals surface area contributed by atoms with Crippen LogP contribution in [0.4, 0.5) is 5.69 Å². The average molecular weight is 381 g/mol. The zero-order chi connectivity index (χ0) is 17.6. The van der Waals surface area contributed by atoms with Gasteiger partial charge in [-0.05, 0) is 30.9 Å². The zero-order valence-corrected chi connectivity index (χ0v) is 15.6. The molecule has 128 valence electrons. The number of carbonyl (C=O) groups excluding carboxylic acids is 2. The van der Waals surface area contributed by atoms with Gasteiger partial charge in [0, 0.05) is 0 Å². The van der Waals surface area contributed by atoms with Crippen LogP contribution in [0.3, 0.4) is 0 Å². The summed E-state index contributed by atoms with van der Waals surface area (Å²) >= 11 is 17.3. The second kappa shape index (κ2) is 8.76. The van der Waals surface area contributed by atoms with Crippen molar-refractivity contribution in [2.24, 2.45) is 0 Å². The van der Waals surface area contributed by atoms with Crippen LogP contribution in [0.25, 0.3) is 0 Å². The topological polar surface area (TPSA) is 46.6 Å². The second-order valence-electron chi connectivity index (χ2n) is 4.83. The van der Waals surface area contributed by atoms with E-state index in [1.165, 1.54) is 4.90 Å². The van der Waals surface area contributed by atoms with E-state index in [1.807, 2.05) is 32.0 Å². The lowest BCUT2D eigenvalue weighted by Gasteiger charge is -2.29. The van der Waals surface area contributed by atoms with E-state index >= 15 is 0 Å². The van der Waals surface area contributed by atoms with E-state index in [-0.39, 0.29) is 13.2 Å². The van der Waals surface area contributed by atoms with Crippen molar-refractivity contribution in [1.82, 2.24) is 0 Å². The molecule has 0 heterocycles. The zero-order valence-electron chi connectivity index (χ0n) is 13.4. The van der Waals surface area contributed by atoms with Crippen molar-refractivity contribution in [1.29, 1.82) is 0 Å². The highest BCUT2D eigenvalue weighted by Crippen LogP contribution is 2.34. The second-order valence-corrected chi connectivity index (χ2v) is 7.11. The fraction of sp³-hybridized carbons (Fsp3) is 0.500. The minimum Gasteiger partial charge on any atom is -0.465 e. The number of benzene rings is 1. The fourth-order valence-electron chi connectivity index (χ4n) is 2.30. The standard InChI is InChI=1S/C16H20Cl3NO3/c1-4-11-8-7-9-12(5-2)14(11)20(10-13(21)23-6-3)15(22)16(17,18)19/h7-9H,4-6,10H2,1-3H3. The average Bonchev–Trinajstić information content (AvgIpc) is 2.50. The van der Waals surface area contributed by atoms with Gasteiger partial charge in [0.15, 0.2) is 0 Å². The molecule has 23 heavy (non-hydrogen) atoms. The van der Waals surface area contributed by atoms with Crippen molar-refractivity contribution in [2.75, 3.05) is 18.1 Å². The van der Waals surface area contributed by atoms with Crippen molar-refractivity contribution in [3.8, 4) is 0 Å². The third-order valence-electron chi connectivity index (χ3n) is 3.32. The van der Waals surface area contributed by atoms with Gasteiger partial charge in [-0.3, -0.25) is 14.5 Å². The van der Waals surface area contributed by atoms with Gasteiger partial charge in [0.1, 0.15) is 6.54 Å². The lowest BCUT2D eigenvalue weighted by molar-refractivity contribution is -0.142. The number of nitrogens with zero attached hydrogens (tertiary/aromatic N) is 1. The first-order valence-corrected chi connectivity index (χ1v) is 8.54. The normalized spacial score (nSPS) is 11.2. The van der Waals surface area contributed by atoms with Crippen molar-refractivity contribution in [3.05, 3.63) is 29.3 Å². The van der Waals surface area contributed by atoms with Gasteiger partial charge >= 0.3 is 5.97 Å². The number of esters is 1. The Balaban J connectivity index is 3.40. The van der Waals surface area contributed by atoms with E-state index in [0.717, 1.165) is 11.1 Å². The number of aryl methyl sites for hydroxylation is 2. The van der Waals surface area contributed by atoms with Crippen molar-refractivity contribution in [2.45, 2.75) is 37.4 Å². The van der Waals surface area contributed by atoms with Crippen LogP contribution in [0.2, 0.25) is 0 Å². The molecule has 0 atom stereocenters. The molecule has 0 saturated carbocycles. The monoisotopic (exact) mass is 379 g/mol. The molecule has 1 aromatic rings. The molecule has 0 radical (unpaired) electrons. The van der Waals surface area contributed by atoms with Gasteiger partial charge in [-0.2, -0.15) is 0 Å². The predicted octanol–water partition coefficient (Wildman–Crippen LogP) is 4.08. The Kier molecular flexibility index (Phi) is 7.65. The number of ether oxygens (including phenoxy) is 1. The molecule has 0 aliphatic rings. The molecule has 1 aromatic carbocycles. The Morgan fingerprint density at radius 1 is 1.09 bits per heavy atom. The maximum absolute atomic E-state index is 12.6. The van der Waals surface area contributed by atoms with Gasteiger partial charge < -0.3 is 4.74 Å². The molecule has 4 nitrogen and oxygen atoms in total. The van der Waals surface area contributed by atoms with Crippen LogP contribution >= 0.6 is 34.8 Å². The Morgan fingerprint density at radius 2 is 1.61 bits per heavy atom. The number of anilines is 1. The van der Waals surface area contributed by atoms with Crippen LogP contribution in [0.15, 0.2) is 18.2 Å². The van der Waals surface area contributed by atoms with Crippen LogP contribution < -0.4 is 4.90 Å². The number of halogens is 3. The summed E-state index contributed by atoms with van der Waals surface area (Å²) in [7, 11) is 0. The molecule has 0 saturated heterocycles. The van der Waals surface area contributed by atoms with E-state index in [9.17, 15) is 9.59 Å². The summed E-state index contributed by atoms with van der Waals surface area (Å²) < 4.78 is 2.79. The molecule has 0 aromatic heterocycles. The molecule has 0 aliphatic heterocycles. The van der Waals surface area contributed by atoms with Gasteiger partial charge in [0.05, 0.1) is 12.3 Å². The van der Waals surface area contributed by atoms with Gasteiger partial charge in [0.2, 0.25) is 0 Å². The fourth-order valence-corrected chi connectivity index (χ4v) is 2.61. The molecule has 0 bridgehead atoms. The maximum atomic E-state index is 12.6. The molecule has 0 fully saturated rings. The van der Waals surface area contributed by atoms with E-state index < -0.39 is 15.7 Å². The highest BCUT2D eigenvalue weighted by molar-refractivity contribution is 6.77. The lowest BCUT2D eigenvalue weighted by Crippen LogP contribution is -2.44. The van der Waals surface area contributed by atoms with Crippen molar-refractivity contribution in [3.63, 3.8) is 0 Å². The van der Waals surface area contributed by atoms with Gasteiger partial charge in [-0.25, -0.2) is 0 Å². The van der Waals surface area contributed by atoms with Gasteiger partial charge in [-0.1, -0.05) is 66.8 Å². The van der Waals surface area contributed by atoms with E-state index in [4.69, 9.17) is 39.5 Å². The summed E-state index contributed by atoms with van der Waals surface area (Å²) in [5, 5.41) is 0. The summed E-state index contributed by atoms with van der Waals surface area (Å²) in [6.07, 6.45) is 1.35. The Hall–Kier alpha value is -0.970. The molecule has 0 N–H and O–H groups in total. The number of amides is 1. The maximum Gasteiger partial charge on any atom is 0.326 e. The van der Waals surface area contributed by atoms with Gasteiger partial charge in [0.25, 0.3) is 9.70 Å². The van der Waals surface area contributed by atoms with E-state index in [1.54, 1.807) is 6.92 Å². The molecule has 0 aliphatic carbocycles. The van der Waals surface area contributed by atoms with Crippen LogP contribution in [0.1, 0.15) is 31.9 Å². The largest absolute Gasteiger partial charge is 0.465 e. The SMILES string of the molecule is CCOC(=O)CN(C(=O)C(Cl)(Cl)Cl)c1c(CC)cccc1CC. The molecule has 1 rings (SSSR count). The minimum atomic E-state index is -2.15. The van der Waals surface area contributed by atoms with Crippen molar-refractivity contribution < 1.29 is 14.3 Å². The number of hydrogen-bond acceptors (Lipinski definition) is 3. The van der Waals surface area contributed by atoms with E-state index in [2.05, 4.69) is 0 Å². The molecule has 1 amide bonds. The van der Waals surface area contributed by atoms with Gasteiger partial charge in [-0.15, -0.1) is 0 Å². The number of rotatable bonds is 6. The molecule has 0 unspecified atom stereocenters. The lowest BCUT2D eigenvalue weighted by atomic mass is 10.0. The first kappa shape index (κ1) is 20.1. The number of hydrogen-bond donors (Lipinski definition) is 0. The summed E-state index contributed by atoms with van der Waals surface area (Å²) in [5.74, 6) is -1.32. The summed E-state index contributed by atoms with van der Waals surface area (Å²) in [6.45, 7) is 5.52. The highest BCUT2D eigenvalue weighted by Gasteiger charge is 2.38. The molecule has 0 spiro atoms. The quantitative estimate of drug-likeness (QED) is 0.552. The summed E-state index contributed by atoms with van der Waals surface area (Å²) in [6, 6.07) is 5.68. The van der Waals surface area contributed by atoms with E-state index in [0.29, 0.717) is 18.5 Å². The van der Waals surface area contributed by atoms with Crippen LogP contribution in [0, 0.1) is 0 Å². The highest BCUT2D eigenvalue weighted by atomic mass is 35.6. The number of carbonyl (C=O) groups is 2. The van der Waals surface area contributed by atoms with Crippen LogP contribution in [-0.4, -0.2) is 28.8 Å². The predicted molar refractivity (Wildman–Crippen MR) is 94.5 cm³/mol. The summed E-state index contributed by atoms with van der Waals surface area (Å²) in [4.78, 5) is 25.7. The summed E-state index contributed by atoms with van der Waals surface area (Å²) in [5.41, 5.74) is 2.41. The number of alkyl halides is 3. The third-order valence-corrected chi connectivity index (χ3v) is 3.80. The Labute approximate surface area is 151 Å². The Bertz CT molecular complexity index is 548. The van der Waals surface area contributed by atoms with Crippen LogP contribution in [0.5, 0.6) is 0 Å². The smallest absolute Gasteiger partial charge is 0.326 e. The molecular weight excluding hydrogens is 361 g/mol. The van der Waals surface area contributed by atoms with Crippen molar-refractivity contribution >= 4 is 52.4 Å². The number of para-hydroxylation sites is 1. The first-order chi connectivity index (χ1) is 10.8.